The number of amides is 1. The molecule has 0 saturated carbocycles. The molecule has 1 N–H and O–H groups in total. The third-order valence-corrected chi connectivity index (χ3v) is 4.34. The number of ether oxygens (including phenoxy) is 1. The van der Waals surface area contributed by atoms with Crippen molar-refractivity contribution in [1.29, 1.82) is 0 Å². The molecular formula is C22H19N3O3. The number of carbonyl (C=O) groups is 1. The fourth-order valence-corrected chi connectivity index (χ4v) is 2.88. The van der Waals surface area contributed by atoms with Gasteiger partial charge in [0.05, 0.1) is 6.54 Å². The van der Waals surface area contributed by atoms with Crippen LogP contribution in [-0.2, 0) is 11.3 Å². The van der Waals surface area contributed by atoms with E-state index in [-0.39, 0.29) is 12.5 Å². The van der Waals surface area contributed by atoms with Crippen LogP contribution in [0.3, 0.4) is 0 Å². The Morgan fingerprint density at radius 3 is 2.64 bits per heavy atom. The molecule has 4 aromatic rings. The third-order valence-electron chi connectivity index (χ3n) is 4.34. The molecule has 3 aromatic carbocycles. The first-order valence-electron chi connectivity index (χ1n) is 9.01. The van der Waals surface area contributed by atoms with Crippen molar-refractivity contribution in [2.45, 2.75) is 19.6 Å². The zero-order chi connectivity index (χ0) is 19.3. The Morgan fingerprint density at radius 1 is 1.04 bits per heavy atom. The number of nitrogens with one attached hydrogen (secondary N) is 1. The second kappa shape index (κ2) is 7.92. The lowest BCUT2D eigenvalue weighted by Gasteiger charge is -2.15. The number of hydrogen-bond acceptors (Lipinski definition) is 5. The van der Waals surface area contributed by atoms with Crippen LogP contribution in [0.25, 0.3) is 22.2 Å². The molecule has 0 aliphatic heterocycles. The molecule has 0 spiro atoms. The van der Waals surface area contributed by atoms with Crippen molar-refractivity contribution in [3.8, 4) is 17.1 Å². The largest absolute Gasteiger partial charge is 0.480 e. The zero-order valence-corrected chi connectivity index (χ0v) is 15.3. The number of fused-ring (bicyclic) bond motifs is 1. The van der Waals surface area contributed by atoms with Crippen LogP contribution in [0.4, 0.5) is 0 Å². The van der Waals surface area contributed by atoms with Gasteiger partial charge >= 0.3 is 0 Å². The van der Waals surface area contributed by atoms with Gasteiger partial charge in [0.15, 0.2) is 6.10 Å². The maximum atomic E-state index is 12.4. The Bertz CT molecular complexity index is 1090. The van der Waals surface area contributed by atoms with Crippen LogP contribution in [0.5, 0.6) is 5.75 Å². The van der Waals surface area contributed by atoms with Crippen LogP contribution in [0.1, 0.15) is 12.8 Å². The zero-order valence-electron chi connectivity index (χ0n) is 15.3. The topological polar surface area (TPSA) is 77.2 Å². The molecule has 140 valence electrons. The van der Waals surface area contributed by atoms with Gasteiger partial charge in [0, 0.05) is 10.9 Å². The van der Waals surface area contributed by atoms with Gasteiger partial charge in [0.1, 0.15) is 5.75 Å². The van der Waals surface area contributed by atoms with Crippen molar-refractivity contribution in [3.05, 3.63) is 78.7 Å². The molecule has 28 heavy (non-hydrogen) atoms. The Labute approximate surface area is 162 Å². The Hall–Kier alpha value is -3.67. The van der Waals surface area contributed by atoms with Gasteiger partial charge in [-0.15, -0.1) is 0 Å². The maximum Gasteiger partial charge on any atom is 0.261 e. The van der Waals surface area contributed by atoms with E-state index in [0.29, 0.717) is 17.5 Å². The fourth-order valence-electron chi connectivity index (χ4n) is 2.88. The predicted molar refractivity (Wildman–Crippen MR) is 106 cm³/mol. The average Bonchev–Trinajstić information content (AvgIpc) is 3.22. The number of carbonyl (C=O) groups excluding carboxylic acids is 1. The highest BCUT2D eigenvalue weighted by Crippen LogP contribution is 2.26. The molecule has 1 amide bonds. The van der Waals surface area contributed by atoms with Gasteiger partial charge in [-0.2, -0.15) is 4.98 Å². The molecule has 0 radical (unpaired) electrons. The Morgan fingerprint density at radius 2 is 1.79 bits per heavy atom. The lowest BCUT2D eigenvalue weighted by Crippen LogP contribution is -2.36. The van der Waals surface area contributed by atoms with Gasteiger partial charge in [-0.05, 0) is 18.4 Å². The SMILES string of the molecule is CC(Oc1cccc2ccccc12)C(=O)NCc1nc(-c2ccccc2)no1. The summed E-state index contributed by atoms with van der Waals surface area (Å²) in [5.74, 6) is 1.24. The lowest BCUT2D eigenvalue weighted by molar-refractivity contribution is -0.127. The second-order valence-corrected chi connectivity index (χ2v) is 6.33. The van der Waals surface area contributed by atoms with Crippen molar-refractivity contribution in [2.24, 2.45) is 0 Å². The summed E-state index contributed by atoms with van der Waals surface area (Å²) in [6.07, 6.45) is -0.665. The second-order valence-electron chi connectivity index (χ2n) is 6.33. The Balaban J connectivity index is 1.38. The predicted octanol–water partition coefficient (Wildman–Crippen LogP) is 3.97. The number of rotatable bonds is 6. The highest BCUT2D eigenvalue weighted by molar-refractivity contribution is 5.89. The van der Waals surface area contributed by atoms with E-state index in [4.69, 9.17) is 9.26 Å². The van der Waals surface area contributed by atoms with Crippen LogP contribution in [0.2, 0.25) is 0 Å². The first kappa shape index (κ1) is 17.7. The van der Waals surface area contributed by atoms with E-state index in [2.05, 4.69) is 15.5 Å². The van der Waals surface area contributed by atoms with Gasteiger partial charge in [0.25, 0.3) is 5.91 Å². The van der Waals surface area contributed by atoms with Crippen molar-refractivity contribution < 1.29 is 14.1 Å². The van der Waals surface area contributed by atoms with E-state index in [9.17, 15) is 4.79 Å². The molecule has 0 aliphatic carbocycles. The van der Waals surface area contributed by atoms with Crippen LogP contribution >= 0.6 is 0 Å². The first-order valence-corrected chi connectivity index (χ1v) is 9.01. The number of hydrogen-bond donors (Lipinski definition) is 1. The normalized spacial score (nSPS) is 11.9. The lowest BCUT2D eigenvalue weighted by atomic mass is 10.1. The minimum atomic E-state index is -0.665. The summed E-state index contributed by atoms with van der Waals surface area (Å²) in [4.78, 5) is 16.7. The highest BCUT2D eigenvalue weighted by atomic mass is 16.5. The maximum absolute atomic E-state index is 12.4. The highest BCUT2D eigenvalue weighted by Gasteiger charge is 2.17. The molecule has 6 nitrogen and oxygen atoms in total. The number of nitrogens with zero attached hydrogens (tertiary/aromatic N) is 2. The van der Waals surface area contributed by atoms with Gasteiger partial charge < -0.3 is 14.6 Å². The van der Waals surface area contributed by atoms with E-state index in [0.717, 1.165) is 16.3 Å². The standard InChI is InChI=1S/C22H19N3O3/c1-15(27-19-13-7-11-16-8-5-6-12-18(16)19)22(26)23-14-20-24-21(25-28-20)17-9-3-2-4-10-17/h2-13,15H,14H2,1H3,(H,23,26). The number of benzene rings is 3. The quantitative estimate of drug-likeness (QED) is 0.553. The van der Waals surface area contributed by atoms with Gasteiger partial charge in [-0.25, -0.2) is 0 Å². The summed E-state index contributed by atoms with van der Waals surface area (Å²) in [6, 6.07) is 23.2. The van der Waals surface area contributed by atoms with E-state index in [1.54, 1.807) is 6.92 Å². The minimum absolute atomic E-state index is 0.141. The Kier molecular flexibility index (Phi) is 5.01. The summed E-state index contributed by atoms with van der Waals surface area (Å²) in [6.45, 7) is 1.85. The smallest absolute Gasteiger partial charge is 0.261 e. The minimum Gasteiger partial charge on any atom is -0.480 e. The average molecular weight is 373 g/mol. The molecule has 6 heteroatoms. The van der Waals surface area contributed by atoms with Gasteiger partial charge in [0.2, 0.25) is 11.7 Å². The van der Waals surface area contributed by atoms with E-state index in [1.807, 2.05) is 72.8 Å². The molecule has 1 atom stereocenters. The van der Waals surface area contributed by atoms with Crippen LogP contribution in [0.15, 0.2) is 77.3 Å². The van der Waals surface area contributed by atoms with Gasteiger partial charge in [-0.3, -0.25) is 4.79 Å². The fraction of sp³-hybridized carbons (Fsp3) is 0.136. The number of aromatic nitrogens is 2. The van der Waals surface area contributed by atoms with Crippen molar-refractivity contribution in [1.82, 2.24) is 15.5 Å². The van der Waals surface area contributed by atoms with E-state index < -0.39 is 6.10 Å². The molecule has 1 unspecified atom stereocenters. The summed E-state index contributed by atoms with van der Waals surface area (Å²) >= 11 is 0. The van der Waals surface area contributed by atoms with Crippen molar-refractivity contribution in [3.63, 3.8) is 0 Å². The molecule has 1 aromatic heterocycles. The van der Waals surface area contributed by atoms with Gasteiger partial charge in [-0.1, -0.05) is 71.9 Å². The molecule has 0 saturated heterocycles. The molecule has 0 aliphatic rings. The van der Waals surface area contributed by atoms with Crippen LogP contribution < -0.4 is 10.1 Å². The monoisotopic (exact) mass is 373 g/mol. The summed E-state index contributed by atoms with van der Waals surface area (Å²) < 4.78 is 11.1. The van der Waals surface area contributed by atoms with Crippen LogP contribution in [0, 0.1) is 0 Å². The van der Waals surface area contributed by atoms with E-state index >= 15 is 0 Å². The summed E-state index contributed by atoms with van der Waals surface area (Å²) in [5.41, 5.74) is 0.858. The van der Waals surface area contributed by atoms with Crippen LogP contribution in [-0.4, -0.2) is 22.2 Å². The third kappa shape index (κ3) is 3.86. The molecule has 1 heterocycles. The summed E-state index contributed by atoms with van der Waals surface area (Å²) in [5, 5.41) is 8.74. The molecule has 0 fully saturated rings. The van der Waals surface area contributed by atoms with Crippen molar-refractivity contribution in [2.75, 3.05) is 0 Å². The van der Waals surface area contributed by atoms with Crippen molar-refractivity contribution >= 4 is 16.7 Å². The molecular weight excluding hydrogens is 354 g/mol. The van der Waals surface area contributed by atoms with E-state index in [1.165, 1.54) is 0 Å². The first-order chi connectivity index (χ1) is 13.7. The summed E-state index contributed by atoms with van der Waals surface area (Å²) in [7, 11) is 0. The molecule has 0 bridgehead atoms. The molecule has 4 rings (SSSR count).